The third-order valence-electron chi connectivity index (χ3n) is 3.31. The van der Waals surface area contributed by atoms with Gasteiger partial charge in [-0.3, -0.25) is 9.69 Å². The first-order chi connectivity index (χ1) is 8.66. The van der Waals surface area contributed by atoms with Crippen LogP contribution in [-0.2, 0) is 4.79 Å². The minimum absolute atomic E-state index is 0.229. The van der Waals surface area contributed by atoms with E-state index in [0.29, 0.717) is 12.6 Å². The van der Waals surface area contributed by atoms with Crippen molar-refractivity contribution in [3.8, 4) is 0 Å². The van der Waals surface area contributed by atoms with Crippen LogP contribution < -0.4 is 0 Å². The highest BCUT2D eigenvalue weighted by Gasteiger charge is 2.24. The van der Waals surface area contributed by atoms with Crippen LogP contribution in [0.1, 0.15) is 23.6 Å². The molecule has 3 nitrogen and oxygen atoms in total. The maximum atomic E-state index is 10.7. The Bertz CT molecular complexity index is 405. The van der Waals surface area contributed by atoms with Gasteiger partial charge in [0.2, 0.25) is 0 Å². The number of nitrogens with zero attached hydrogens (tertiary/aromatic N) is 1. The van der Waals surface area contributed by atoms with Crippen LogP contribution in [0.3, 0.4) is 0 Å². The number of carboxylic acid groups (broad SMARTS) is 1. The van der Waals surface area contributed by atoms with E-state index in [1.807, 2.05) is 11.8 Å². The van der Waals surface area contributed by atoms with Gasteiger partial charge in [0.1, 0.15) is 0 Å². The van der Waals surface area contributed by atoms with Crippen molar-refractivity contribution in [2.45, 2.75) is 19.4 Å². The monoisotopic (exact) mass is 265 g/mol. The van der Waals surface area contributed by atoms with E-state index in [9.17, 15) is 4.79 Å². The molecule has 1 unspecified atom stereocenters. The summed E-state index contributed by atoms with van der Waals surface area (Å²) in [5, 5.41) is 8.81. The molecule has 0 aliphatic carbocycles. The molecule has 2 rings (SSSR count). The molecule has 1 aromatic rings. The summed E-state index contributed by atoms with van der Waals surface area (Å²) in [6.07, 6.45) is 0.229. The van der Waals surface area contributed by atoms with Crippen LogP contribution in [0, 0.1) is 6.92 Å². The van der Waals surface area contributed by atoms with E-state index in [2.05, 4.69) is 36.1 Å². The molecule has 98 valence electrons. The largest absolute Gasteiger partial charge is 0.481 e. The molecule has 1 aliphatic rings. The average Bonchev–Trinajstić information content (AvgIpc) is 2.38. The Kier molecular flexibility index (Phi) is 4.66. The van der Waals surface area contributed by atoms with Crippen LogP contribution in [0.5, 0.6) is 0 Å². The van der Waals surface area contributed by atoms with Crippen molar-refractivity contribution in [2.24, 2.45) is 0 Å². The van der Waals surface area contributed by atoms with E-state index < -0.39 is 5.97 Å². The Morgan fingerprint density at radius 3 is 2.83 bits per heavy atom. The fraction of sp³-hybridized carbons (Fsp3) is 0.500. The summed E-state index contributed by atoms with van der Waals surface area (Å²) in [7, 11) is 0. The standard InChI is InChI=1S/C14H19NO2S/c1-11-2-4-12(5-3-11)13-10-18-9-8-15(13)7-6-14(16)17/h2-5,13H,6-10H2,1H3,(H,16,17). The van der Waals surface area contributed by atoms with Crippen molar-refractivity contribution in [3.05, 3.63) is 35.4 Å². The van der Waals surface area contributed by atoms with Crippen molar-refractivity contribution in [1.29, 1.82) is 0 Å². The number of rotatable bonds is 4. The molecule has 1 aromatic carbocycles. The van der Waals surface area contributed by atoms with Gasteiger partial charge in [0.15, 0.2) is 0 Å². The van der Waals surface area contributed by atoms with Crippen molar-refractivity contribution in [2.75, 3.05) is 24.6 Å². The van der Waals surface area contributed by atoms with E-state index in [1.165, 1.54) is 11.1 Å². The number of hydrogen-bond donors (Lipinski definition) is 1. The normalized spacial score (nSPS) is 20.8. The molecule has 1 atom stereocenters. The van der Waals surface area contributed by atoms with E-state index >= 15 is 0 Å². The highest BCUT2D eigenvalue weighted by Crippen LogP contribution is 2.29. The van der Waals surface area contributed by atoms with Gasteiger partial charge in [-0.15, -0.1) is 0 Å². The molecule has 1 heterocycles. The van der Waals surface area contributed by atoms with Gasteiger partial charge in [-0.25, -0.2) is 0 Å². The Morgan fingerprint density at radius 2 is 2.17 bits per heavy atom. The Balaban J connectivity index is 2.07. The van der Waals surface area contributed by atoms with Gasteiger partial charge in [0, 0.05) is 30.6 Å². The fourth-order valence-corrected chi connectivity index (χ4v) is 3.40. The molecule has 0 bridgehead atoms. The van der Waals surface area contributed by atoms with Gasteiger partial charge >= 0.3 is 5.97 Å². The number of carboxylic acids is 1. The predicted molar refractivity (Wildman–Crippen MR) is 75.1 cm³/mol. The lowest BCUT2D eigenvalue weighted by Crippen LogP contribution is -2.37. The molecule has 1 fully saturated rings. The van der Waals surface area contributed by atoms with Gasteiger partial charge in [0.25, 0.3) is 0 Å². The van der Waals surface area contributed by atoms with Gasteiger partial charge in [-0.2, -0.15) is 11.8 Å². The second kappa shape index (κ2) is 6.25. The van der Waals surface area contributed by atoms with Gasteiger partial charge in [0.05, 0.1) is 6.42 Å². The predicted octanol–water partition coefficient (Wildman–Crippen LogP) is 2.56. The fourth-order valence-electron chi connectivity index (χ4n) is 2.24. The zero-order chi connectivity index (χ0) is 13.0. The highest BCUT2D eigenvalue weighted by atomic mass is 32.2. The highest BCUT2D eigenvalue weighted by molar-refractivity contribution is 7.99. The minimum Gasteiger partial charge on any atom is -0.481 e. The topological polar surface area (TPSA) is 40.5 Å². The first-order valence-corrected chi connectivity index (χ1v) is 7.42. The minimum atomic E-state index is -0.712. The molecule has 0 aromatic heterocycles. The van der Waals surface area contributed by atoms with Crippen LogP contribution >= 0.6 is 11.8 Å². The third-order valence-corrected chi connectivity index (χ3v) is 4.34. The zero-order valence-electron chi connectivity index (χ0n) is 10.6. The molecular weight excluding hydrogens is 246 g/mol. The quantitative estimate of drug-likeness (QED) is 0.908. The number of aliphatic carboxylic acids is 1. The van der Waals surface area contributed by atoms with Gasteiger partial charge in [-0.1, -0.05) is 29.8 Å². The SMILES string of the molecule is Cc1ccc(C2CSCCN2CCC(=O)O)cc1. The number of hydrogen-bond acceptors (Lipinski definition) is 3. The second-order valence-corrected chi connectivity index (χ2v) is 5.83. The van der Waals surface area contributed by atoms with E-state index in [4.69, 9.17) is 5.11 Å². The average molecular weight is 265 g/mol. The maximum absolute atomic E-state index is 10.7. The number of thioether (sulfide) groups is 1. The molecule has 1 aliphatic heterocycles. The Hall–Kier alpha value is -1.00. The van der Waals surface area contributed by atoms with E-state index in [1.54, 1.807) is 0 Å². The summed E-state index contributed by atoms with van der Waals surface area (Å²) in [4.78, 5) is 13.0. The van der Waals surface area contributed by atoms with E-state index in [0.717, 1.165) is 18.1 Å². The molecule has 0 radical (unpaired) electrons. The lowest BCUT2D eigenvalue weighted by atomic mass is 10.0. The summed E-state index contributed by atoms with van der Waals surface area (Å²) >= 11 is 1.95. The lowest BCUT2D eigenvalue weighted by molar-refractivity contribution is -0.137. The second-order valence-electron chi connectivity index (χ2n) is 4.68. The number of carbonyl (C=O) groups is 1. The number of aryl methyl sites for hydroxylation is 1. The van der Waals surface area contributed by atoms with Crippen molar-refractivity contribution in [1.82, 2.24) is 4.90 Å². The van der Waals surface area contributed by atoms with Crippen molar-refractivity contribution in [3.63, 3.8) is 0 Å². The third kappa shape index (κ3) is 3.50. The molecule has 0 amide bonds. The van der Waals surface area contributed by atoms with Crippen LogP contribution in [0.4, 0.5) is 0 Å². The van der Waals surface area contributed by atoms with E-state index in [-0.39, 0.29) is 6.42 Å². The lowest BCUT2D eigenvalue weighted by Gasteiger charge is -2.35. The van der Waals surface area contributed by atoms with Gasteiger partial charge < -0.3 is 5.11 Å². The van der Waals surface area contributed by atoms with Crippen LogP contribution in [0.15, 0.2) is 24.3 Å². The molecule has 0 saturated carbocycles. The summed E-state index contributed by atoms with van der Waals surface area (Å²) in [6, 6.07) is 8.96. The zero-order valence-corrected chi connectivity index (χ0v) is 11.4. The summed E-state index contributed by atoms with van der Waals surface area (Å²) in [5.74, 6) is 1.45. The number of benzene rings is 1. The first-order valence-electron chi connectivity index (χ1n) is 6.27. The Labute approximate surface area is 112 Å². The molecule has 4 heteroatoms. The smallest absolute Gasteiger partial charge is 0.304 e. The van der Waals surface area contributed by atoms with Crippen LogP contribution in [0.2, 0.25) is 0 Å². The van der Waals surface area contributed by atoms with Crippen LogP contribution in [0.25, 0.3) is 0 Å². The van der Waals surface area contributed by atoms with Gasteiger partial charge in [-0.05, 0) is 12.5 Å². The summed E-state index contributed by atoms with van der Waals surface area (Å²) in [6.45, 7) is 3.71. The molecule has 1 saturated heterocycles. The summed E-state index contributed by atoms with van der Waals surface area (Å²) < 4.78 is 0. The van der Waals surface area contributed by atoms with Crippen LogP contribution in [-0.4, -0.2) is 40.6 Å². The maximum Gasteiger partial charge on any atom is 0.304 e. The van der Waals surface area contributed by atoms with Crippen molar-refractivity contribution >= 4 is 17.7 Å². The summed E-state index contributed by atoms with van der Waals surface area (Å²) in [5.41, 5.74) is 2.57. The Morgan fingerprint density at radius 1 is 1.44 bits per heavy atom. The molecule has 1 N–H and O–H groups in total. The molecular formula is C14H19NO2S. The molecule has 18 heavy (non-hydrogen) atoms. The first kappa shape index (κ1) is 13.4. The molecule has 0 spiro atoms. The van der Waals surface area contributed by atoms with Crippen molar-refractivity contribution < 1.29 is 9.90 Å².